The van der Waals surface area contributed by atoms with E-state index in [2.05, 4.69) is 25.8 Å². The summed E-state index contributed by atoms with van der Waals surface area (Å²) in [5.74, 6) is -0.358. The van der Waals surface area contributed by atoms with Gasteiger partial charge in [-0.05, 0) is 64.0 Å². The van der Waals surface area contributed by atoms with Gasteiger partial charge in [0.25, 0.3) is 5.91 Å². The molecule has 184 valence electrons. The predicted octanol–water partition coefficient (Wildman–Crippen LogP) is 3.49. The summed E-state index contributed by atoms with van der Waals surface area (Å²) >= 11 is 0. The quantitative estimate of drug-likeness (QED) is 0.483. The van der Waals surface area contributed by atoms with Crippen molar-refractivity contribution in [2.45, 2.75) is 39.3 Å². The van der Waals surface area contributed by atoms with Gasteiger partial charge in [0.2, 0.25) is 0 Å². The van der Waals surface area contributed by atoms with E-state index in [-0.39, 0.29) is 5.91 Å². The number of benzene rings is 1. The van der Waals surface area contributed by atoms with Crippen LogP contribution in [-0.2, 0) is 16.0 Å². The van der Waals surface area contributed by atoms with Gasteiger partial charge in [-0.15, -0.1) is 0 Å². The Morgan fingerprint density at radius 2 is 1.76 bits per heavy atom. The van der Waals surface area contributed by atoms with E-state index >= 15 is 0 Å². The number of pyridine rings is 1. The lowest BCUT2D eigenvalue weighted by Crippen LogP contribution is -2.37. The monoisotopic (exact) mass is 469 g/mol. The van der Waals surface area contributed by atoms with Gasteiger partial charge in [-0.3, -0.25) is 20.0 Å². The third-order valence-electron chi connectivity index (χ3n) is 5.13. The lowest BCUT2D eigenvalue weighted by molar-refractivity contribution is 0.0374. The molecule has 1 aromatic carbocycles. The topological polar surface area (TPSA) is 105 Å². The third kappa shape index (κ3) is 8.74. The molecule has 2 heterocycles. The number of hydrogen-bond acceptors (Lipinski definition) is 7. The Labute approximate surface area is 201 Å². The summed E-state index contributed by atoms with van der Waals surface area (Å²) in [7, 11) is 0. The second-order valence-corrected chi connectivity index (χ2v) is 9.16. The van der Waals surface area contributed by atoms with Crippen LogP contribution >= 0.6 is 0 Å². The van der Waals surface area contributed by atoms with Crippen molar-refractivity contribution in [1.82, 2.24) is 15.2 Å². The minimum absolute atomic E-state index is 0.295. The first-order valence-electron chi connectivity index (χ1n) is 11.7. The maximum absolute atomic E-state index is 12.7. The Morgan fingerprint density at radius 1 is 1.06 bits per heavy atom. The molecule has 1 fully saturated rings. The number of ether oxygens (including phenoxy) is 2. The van der Waals surface area contributed by atoms with Crippen LogP contribution in [0.2, 0.25) is 0 Å². The molecule has 9 heteroatoms. The molecular weight excluding hydrogens is 434 g/mol. The van der Waals surface area contributed by atoms with E-state index in [1.807, 2.05) is 6.07 Å². The lowest BCUT2D eigenvalue weighted by Gasteiger charge is -2.26. The first kappa shape index (κ1) is 25.6. The van der Waals surface area contributed by atoms with Gasteiger partial charge in [0, 0.05) is 25.8 Å². The minimum atomic E-state index is -0.620. The van der Waals surface area contributed by atoms with Crippen LogP contribution in [0.25, 0.3) is 0 Å². The van der Waals surface area contributed by atoms with Crippen molar-refractivity contribution >= 4 is 23.4 Å². The summed E-state index contributed by atoms with van der Waals surface area (Å²) in [6, 6.07) is 10.5. The molecule has 0 spiro atoms. The van der Waals surface area contributed by atoms with Gasteiger partial charge in [0.1, 0.15) is 11.3 Å². The number of hydrogen-bond donors (Lipinski definition) is 3. The molecule has 34 heavy (non-hydrogen) atoms. The van der Waals surface area contributed by atoms with Crippen molar-refractivity contribution in [3.8, 4) is 0 Å². The normalized spacial score (nSPS) is 14.4. The molecule has 0 unspecified atom stereocenters. The van der Waals surface area contributed by atoms with E-state index in [1.54, 1.807) is 57.3 Å². The molecule has 2 amide bonds. The average Bonchev–Trinajstić information content (AvgIpc) is 2.80. The van der Waals surface area contributed by atoms with Gasteiger partial charge in [-0.25, -0.2) is 4.79 Å². The molecule has 1 aromatic heterocycles. The van der Waals surface area contributed by atoms with Crippen molar-refractivity contribution in [2.24, 2.45) is 0 Å². The molecule has 0 radical (unpaired) electrons. The van der Waals surface area contributed by atoms with Gasteiger partial charge >= 0.3 is 6.09 Å². The number of rotatable bonds is 9. The number of nitrogens with one attached hydrogen (secondary N) is 3. The van der Waals surface area contributed by atoms with Crippen LogP contribution in [0.3, 0.4) is 0 Å². The number of carbonyl (C=O) groups excluding carboxylic acids is 2. The Hall–Kier alpha value is -3.01. The second kappa shape index (κ2) is 12.5. The molecule has 3 rings (SSSR count). The van der Waals surface area contributed by atoms with Crippen molar-refractivity contribution in [1.29, 1.82) is 0 Å². The van der Waals surface area contributed by atoms with Crippen LogP contribution in [0.15, 0.2) is 42.6 Å². The van der Waals surface area contributed by atoms with E-state index in [4.69, 9.17) is 9.47 Å². The number of morpholine rings is 1. The zero-order valence-electron chi connectivity index (χ0n) is 20.2. The van der Waals surface area contributed by atoms with Crippen LogP contribution < -0.4 is 16.0 Å². The average molecular weight is 470 g/mol. The molecule has 0 saturated carbocycles. The number of nitrogens with zero attached hydrogens (tertiary/aromatic N) is 2. The van der Waals surface area contributed by atoms with Crippen molar-refractivity contribution in [2.75, 3.05) is 50.0 Å². The fourth-order valence-electron chi connectivity index (χ4n) is 3.45. The van der Waals surface area contributed by atoms with E-state index in [1.165, 1.54) is 0 Å². The Bertz CT molecular complexity index is 937. The number of aromatic nitrogens is 1. The molecule has 0 bridgehead atoms. The second-order valence-electron chi connectivity index (χ2n) is 9.16. The summed E-state index contributed by atoms with van der Waals surface area (Å²) in [6.45, 7) is 11.7. The van der Waals surface area contributed by atoms with E-state index in [9.17, 15) is 9.59 Å². The Morgan fingerprint density at radius 3 is 2.41 bits per heavy atom. The molecule has 2 aromatic rings. The Balaban J connectivity index is 1.46. The number of para-hydroxylation sites is 2. The van der Waals surface area contributed by atoms with Crippen LogP contribution in [0, 0.1) is 0 Å². The van der Waals surface area contributed by atoms with Gasteiger partial charge in [0.15, 0.2) is 0 Å². The van der Waals surface area contributed by atoms with Crippen LogP contribution in [0.4, 0.5) is 16.2 Å². The van der Waals surface area contributed by atoms with Gasteiger partial charge < -0.3 is 20.1 Å². The third-order valence-corrected chi connectivity index (χ3v) is 5.13. The molecule has 9 nitrogen and oxygen atoms in total. The van der Waals surface area contributed by atoms with Crippen LogP contribution in [-0.4, -0.2) is 66.9 Å². The first-order chi connectivity index (χ1) is 16.3. The molecule has 3 N–H and O–H groups in total. The Kier molecular flexibility index (Phi) is 9.38. The maximum Gasteiger partial charge on any atom is 0.412 e. The molecule has 1 aliphatic heterocycles. The van der Waals surface area contributed by atoms with Crippen molar-refractivity contribution < 1.29 is 19.1 Å². The smallest absolute Gasteiger partial charge is 0.412 e. The summed E-state index contributed by atoms with van der Waals surface area (Å²) in [5.41, 5.74) is 1.60. The highest BCUT2D eigenvalue weighted by Crippen LogP contribution is 2.22. The highest BCUT2D eigenvalue weighted by Gasteiger charge is 2.18. The van der Waals surface area contributed by atoms with Gasteiger partial charge in [-0.2, -0.15) is 0 Å². The van der Waals surface area contributed by atoms with Crippen LogP contribution in [0.1, 0.15) is 43.2 Å². The predicted molar refractivity (Wildman–Crippen MR) is 132 cm³/mol. The van der Waals surface area contributed by atoms with E-state index in [0.29, 0.717) is 23.6 Å². The van der Waals surface area contributed by atoms with Crippen molar-refractivity contribution in [3.05, 3.63) is 53.9 Å². The van der Waals surface area contributed by atoms with E-state index < -0.39 is 11.7 Å². The summed E-state index contributed by atoms with van der Waals surface area (Å²) in [4.78, 5) is 31.5. The number of carbonyl (C=O) groups is 2. The lowest BCUT2D eigenvalue weighted by atomic mass is 10.2. The zero-order chi connectivity index (χ0) is 24.4. The number of amides is 2. The highest BCUT2D eigenvalue weighted by molar-refractivity contribution is 6.05. The number of anilines is 2. The highest BCUT2D eigenvalue weighted by atomic mass is 16.6. The standard InChI is InChI=1S/C25H35N5O4/c1-25(2,3)34-24(32)29-21-8-5-4-7-20(21)28-23(31)22-10-9-19(18-27-22)17-26-11-6-12-30-13-15-33-16-14-30/h4-5,7-10,18,26H,6,11-17H2,1-3H3,(H,28,31)(H,29,32). The molecular formula is C25H35N5O4. The molecule has 0 atom stereocenters. The SMILES string of the molecule is CC(C)(C)OC(=O)Nc1ccccc1NC(=O)c1ccc(CNCCCN2CCOCC2)cn1. The molecule has 1 aliphatic rings. The van der Waals surface area contributed by atoms with Gasteiger partial charge in [0.05, 0.1) is 24.6 Å². The maximum atomic E-state index is 12.7. The minimum Gasteiger partial charge on any atom is -0.444 e. The van der Waals surface area contributed by atoms with Crippen LogP contribution in [0.5, 0.6) is 0 Å². The fourth-order valence-corrected chi connectivity index (χ4v) is 3.45. The first-order valence-corrected chi connectivity index (χ1v) is 11.7. The summed E-state index contributed by atoms with van der Waals surface area (Å²) in [6.07, 6.45) is 2.19. The summed E-state index contributed by atoms with van der Waals surface area (Å²) < 4.78 is 10.7. The largest absolute Gasteiger partial charge is 0.444 e. The zero-order valence-corrected chi connectivity index (χ0v) is 20.2. The summed E-state index contributed by atoms with van der Waals surface area (Å²) in [5, 5.41) is 8.90. The molecule has 1 saturated heterocycles. The molecule has 0 aliphatic carbocycles. The van der Waals surface area contributed by atoms with Crippen molar-refractivity contribution in [3.63, 3.8) is 0 Å². The van der Waals surface area contributed by atoms with Gasteiger partial charge in [-0.1, -0.05) is 18.2 Å². The fraction of sp³-hybridized carbons (Fsp3) is 0.480. The van der Waals surface area contributed by atoms with E-state index in [0.717, 1.165) is 51.4 Å².